The molecule has 1 atom stereocenters. The summed E-state index contributed by atoms with van der Waals surface area (Å²) in [5.41, 5.74) is 0.766. The molecule has 23 heavy (non-hydrogen) atoms. The predicted molar refractivity (Wildman–Crippen MR) is 88.3 cm³/mol. The monoisotopic (exact) mass is 339 g/mol. The van der Waals surface area contributed by atoms with Crippen LogP contribution in [0.25, 0.3) is 11.0 Å². The summed E-state index contributed by atoms with van der Waals surface area (Å²) >= 11 is 0. The highest BCUT2D eigenvalue weighted by Gasteiger charge is 2.24. The Bertz CT molecular complexity index is 776. The van der Waals surface area contributed by atoms with Crippen molar-refractivity contribution < 1.29 is 13.5 Å². The van der Waals surface area contributed by atoms with Crippen LogP contribution in [0.15, 0.2) is 18.6 Å². The molecule has 0 bridgehead atoms. The first-order chi connectivity index (χ1) is 10.9. The number of aromatic amines is 1. The summed E-state index contributed by atoms with van der Waals surface area (Å²) in [5, 5.41) is 11.2. The normalized spacial score (nSPS) is 20.8. The number of fused-ring (bicyclic) bond motifs is 1. The third-order valence-corrected chi connectivity index (χ3v) is 4.92. The van der Waals surface area contributed by atoms with E-state index >= 15 is 0 Å². The molecule has 3 heterocycles. The minimum Gasteiger partial charge on any atom is -0.390 e. The standard InChI is InChI=1S/C14H21N5O3S/c1-23(21,22)7-6-18-4-5-19(9-11(20)8-18)14-12-2-3-15-13(12)16-10-17-14/h2-3,10-11,20H,4-9H2,1H3,(H,15,16,17)/t11-/m0/s1. The quantitative estimate of drug-likeness (QED) is 0.773. The number of nitrogens with one attached hydrogen (secondary N) is 1. The van der Waals surface area contributed by atoms with Gasteiger partial charge in [-0.25, -0.2) is 18.4 Å². The first kappa shape index (κ1) is 16.2. The number of aliphatic hydroxyl groups is 1. The maximum atomic E-state index is 11.3. The highest BCUT2D eigenvalue weighted by molar-refractivity contribution is 7.90. The topological polar surface area (TPSA) is 102 Å². The van der Waals surface area contributed by atoms with Gasteiger partial charge in [-0.15, -0.1) is 0 Å². The van der Waals surface area contributed by atoms with Gasteiger partial charge in [-0.2, -0.15) is 0 Å². The van der Waals surface area contributed by atoms with E-state index in [0.29, 0.717) is 32.7 Å². The largest absolute Gasteiger partial charge is 0.390 e. The lowest BCUT2D eigenvalue weighted by atomic mass is 10.3. The second kappa shape index (κ2) is 6.42. The van der Waals surface area contributed by atoms with Crippen molar-refractivity contribution in [2.75, 3.05) is 49.6 Å². The number of aromatic nitrogens is 3. The van der Waals surface area contributed by atoms with E-state index in [1.54, 1.807) is 0 Å². The van der Waals surface area contributed by atoms with Gasteiger partial charge in [-0.1, -0.05) is 0 Å². The van der Waals surface area contributed by atoms with E-state index in [-0.39, 0.29) is 5.75 Å². The van der Waals surface area contributed by atoms with Crippen molar-refractivity contribution in [1.29, 1.82) is 0 Å². The highest BCUT2D eigenvalue weighted by Crippen LogP contribution is 2.23. The summed E-state index contributed by atoms with van der Waals surface area (Å²) < 4.78 is 22.6. The molecule has 126 valence electrons. The fraction of sp³-hybridized carbons (Fsp3) is 0.571. The van der Waals surface area contributed by atoms with Gasteiger partial charge >= 0.3 is 0 Å². The first-order valence-electron chi connectivity index (χ1n) is 7.53. The van der Waals surface area contributed by atoms with Crippen molar-refractivity contribution in [3.05, 3.63) is 18.6 Å². The Morgan fingerprint density at radius 2 is 2.17 bits per heavy atom. The molecule has 1 saturated heterocycles. The number of H-pyrrole nitrogens is 1. The number of aliphatic hydroxyl groups excluding tert-OH is 1. The lowest BCUT2D eigenvalue weighted by Gasteiger charge is -2.23. The van der Waals surface area contributed by atoms with Crippen molar-refractivity contribution in [2.24, 2.45) is 0 Å². The van der Waals surface area contributed by atoms with Crippen LogP contribution in [0.2, 0.25) is 0 Å². The van der Waals surface area contributed by atoms with Crippen LogP contribution in [0, 0.1) is 0 Å². The Hall–Kier alpha value is -1.71. The van der Waals surface area contributed by atoms with Gasteiger partial charge in [0.25, 0.3) is 0 Å². The van der Waals surface area contributed by atoms with Gasteiger partial charge in [-0.05, 0) is 6.07 Å². The molecule has 3 rings (SSSR count). The van der Waals surface area contributed by atoms with Gasteiger partial charge in [0.15, 0.2) is 0 Å². The third kappa shape index (κ3) is 3.98. The van der Waals surface area contributed by atoms with Crippen LogP contribution in [0.4, 0.5) is 5.82 Å². The average molecular weight is 339 g/mol. The summed E-state index contributed by atoms with van der Waals surface area (Å²) in [6, 6.07) is 1.92. The van der Waals surface area contributed by atoms with E-state index in [1.165, 1.54) is 12.6 Å². The molecule has 8 nitrogen and oxygen atoms in total. The highest BCUT2D eigenvalue weighted by atomic mass is 32.2. The van der Waals surface area contributed by atoms with Crippen LogP contribution in [0.3, 0.4) is 0 Å². The number of sulfone groups is 1. The summed E-state index contributed by atoms with van der Waals surface area (Å²) in [6.07, 6.45) is 4.00. The van der Waals surface area contributed by atoms with Gasteiger partial charge < -0.3 is 15.0 Å². The molecule has 1 aliphatic heterocycles. The Kier molecular flexibility index (Phi) is 4.51. The Labute approximate surface area is 135 Å². The average Bonchev–Trinajstić information content (AvgIpc) is 2.88. The molecular formula is C14H21N5O3S. The van der Waals surface area contributed by atoms with Crippen molar-refractivity contribution in [3.8, 4) is 0 Å². The summed E-state index contributed by atoms with van der Waals surface area (Å²) in [4.78, 5) is 15.6. The predicted octanol–water partition coefficient (Wildman–Crippen LogP) is -0.515. The summed E-state index contributed by atoms with van der Waals surface area (Å²) in [5.74, 6) is 0.898. The van der Waals surface area contributed by atoms with Crippen LogP contribution in [-0.4, -0.2) is 84.2 Å². The number of nitrogens with zero attached hydrogens (tertiary/aromatic N) is 4. The Morgan fingerprint density at radius 1 is 1.35 bits per heavy atom. The van der Waals surface area contributed by atoms with Crippen molar-refractivity contribution >= 4 is 26.7 Å². The number of hydrogen-bond acceptors (Lipinski definition) is 7. The van der Waals surface area contributed by atoms with E-state index in [2.05, 4.69) is 15.0 Å². The number of anilines is 1. The molecule has 0 aromatic carbocycles. The van der Waals surface area contributed by atoms with E-state index in [0.717, 1.165) is 16.9 Å². The van der Waals surface area contributed by atoms with E-state index in [1.807, 2.05) is 22.1 Å². The fourth-order valence-corrected chi connectivity index (χ4v) is 3.45. The van der Waals surface area contributed by atoms with Gasteiger partial charge in [0, 0.05) is 45.2 Å². The fourth-order valence-electron chi connectivity index (χ4n) is 2.86. The zero-order valence-electron chi connectivity index (χ0n) is 13.0. The molecule has 9 heteroatoms. The second-order valence-electron chi connectivity index (χ2n) is 5.97. The molecule has 2 N–H and O–H groups in total. The maximum absolute atomic E-state index is 11.3. The Balaban J connectivity index is 1.74. The molecule has 0 amide bonds. The summed E-state index contributed by atoms with van der Waals surface area (Å²) in [7, 11) is -3.00. The van der Waals surface area contributed by atoms with Crippen molar-refractivity contribution in [1.82, 2.24) is 19.9 Å². The van der Waals surface area contributed by atoms with E-state index < -0.39 is 15.9 Å². The molecular weight excluding hydrogens is 318 g/mol. The second-order valence-corrected chi connectivity index (χ2v) is 8.23. The molecule has 0 spiro atoms. The minimum absolute atomic E-state index is 0.106. The van der Waals surface area contributed by atoms with Crippen LogP contribution >= 0.6 is 0 Å². The van der Waals surface area contributed by atoms with Gasteiger partial charge in [0.2, 0.25) is 0 Å². The van der Waals surface area contributed by atoms with Crippen LogP contribution in [0.1, 0.15) is 0 Å². The number of β-amino-alcohol motifs (C(OH)–C–C–N with tert-alkyl or cyclic N) is 1. The molecule has 0 unspecified atom stereocenters. The third-order valence-electron chi connectivity index (χ3n) is 4.00. The maximum Gasteiger partial charge on any atom is 0.148 e. The lowest BCUT2D eigenvalue weighted by molar-refractivity contribution is 0.136. The molecule has 2 aromatic heterocycles. The molecule has 1 fully saturated rings. The lowest BCUT2D eigenvalue weighted by Crippen LogP contribution is -2.36. The first-order valence-corrected chi connectivity index (χ1v) is 9.59. The molecule has 0 aliphatic carbocycles. The smallest absolute Gasteiger partial charge is 0.148 e. The van der Waals surface area contributed by atoms with Crippen molar-refractivity contribution in [2.45, 2.75) is 6.10 Å². The number of rotatable bonds is 4. The van der Waals surface area contributed by atoms with Gasteiger partial charge in [0.1, 0.15) is 27.6 Å². The molecule has 1 aliphatic rings. The summed E-state index contributed by atoms with van der Waals surface area (Å²) in [6.45, 7) is 2.73. The van der Waals surface area contributed by atoms with Crippen LogP contribution < -0.4 is 4.90 Å². The van der Waals surface area contributed by atoms with Crippen LogP contribution in [-0.2, 0) is 9.84 Å². The van der Waals surface area contributed by atoms with Gasteiger partial charge in [-0.3, -0.25) is 4.90 Å². The molecule has 0 saturated carbocycles. The Morgan fingerprint density at radius 3 is 2.96 bits per heavy atom. The minimum atomic E-state index is -3.00. The molecule has 0 radical (unpaired) electrons. The van der Waals surface area contributed by atoms with Crippen LogP contribution in [0.5, 0.6) is 0 Å². The zero-order chi connectivity index (χ0) is 16.4. The SMILES string of the molecule is CS(=O)(=O)CCN1CCN(c2ncnc3[nH]ccc23)C[C@@H](O)C1. The van der Waals surface area contributed by atoms with Gasteiger partial charge in [0.05, 0.1) is 17.2 Å². The van der Waals surface area contributed by atoms with E-state index in [4.69, 9.17) is 0 Å². The number of hydrogen-bond donors (Lipinski definition) is 2. The zero-order valence-corrected chi connectivity index (χ0v) is 13.8. The van der Waals surface area contributed by atoms with Crippen molar-refractivity contribution in [3.63, 3.8) is 0 Å². The molecule has 2 aromatic rings. The van der Waals surface area contributed by atoms with E-state index in [9.17, 15) is 13.5 Å².